The van der Waals surface area contributed by atoms with Crippen LogP contribution in [0.25, 0.3) is 0 Å². The maximum atomic E-state index is 13.0. The third-order valence-corrected chi connectivity index (χ3v) is 12.4. The molecule has 2 aromatic carbocycles. The Hall–Kier alpha value is -2.37. The number of ketones is 1. The summed E-state index contributed by atoms with van der Waals surface area (Å²) in [4.78, 5) is 18.2. The van der Waals surface area contributed by atoms with Crippen molar-refractivity contribution in [1.29, 1.82) is 0 Å². The fraction of sp³-hybridized carbons (Fsp3) is 0.639. The largest absolute Gasteiger partial charge is 0.508 e. The summed E-state index contributed by atoms with van der Waals surface area (Å²) in [5, 5.41) is 19.7. The molecule has 0 aromatic heterocycles. The van der Waals surface area contributed by atoms with Gasteiger partial charge in [0.2, 0.25) is 0 Å². The number of nitrogens with zero attached hydrogens (tertiary/aromatic N) is 2. The highest BCUT2D eigenvalue weighted by Gasteiger charge is 2.53. The lowest BCUT2D eigenvalue weighted by Crippen LogP contribution is -2.61. The maximum Gasteiger partial charge on any atom is 0.180 e. The van der Waals surface area contributed by atoms with E-state index in [4.69, 9.17) is 0 Å². The van der Waals surface area contributed by atoms with Crippen molar-refractivity contribution in [1.82, 2.24) is 9.80 Å². The van der Waals surface area contributed by atoms with Crippen LogP contribution >= 0.6 is 0 Å². The quantitative estimate of drug-likeness (QED) is 0.463. The van der Waals surface area contributed by atoms with E-state index in [9.17, 15) is 15.0 Å². The molecule has 4 aliphatic carbocycles. The number of carbonyl (C=O) groups excluding carboxylic acids is 1. The molecule has 2 saturated heterocycles. The van der Waals surface area contributed by atoms with Gasteiger partial charge in [-0.25, -0.2) is 0 Å². The van der Waals surface area contributed by atoms with Gasteiger partial charge in [0, 0.05) is 24.7 Å². The van der Waals surface area contributed by atoms with E-state index in [1.165, 1.54) is 62.7 Å². The zero-order chi connectivity index (χ0) is 28.7. The van der Waals surface area contributed by atoms with E-state index in [0.29, 0.717) is 23.6 Å². The van der Waals surface area contributed by atoms with Gasteiger partial charge in [-0.15, -0.1) is 0 Å². The Labute approximate surface area is 245 Å². The van der Waals surface area contributed by atoms with Crippen molar-refractivity contribution in [3.63, 3.8) is 0 Å². The van der Waals surface area contributed by atoms with E-state index in [2.05, 4.69) is 43.6 Å². The molecule has 3 unspecified atom stereocenters. The van der Waals surface area contributed by atoms with Crippen LogP contribution in [-0.4, -0.2) is 64.1 Å². The summed E-state index contributed by atoms with van der Waals surface area (Å²) >= 11 is 0. The first kappa shape index (κ1) is 27.5. The molecule has 2 N–H and O–H groups in total. The first-order chi connectivity index (χ1) is 19.6. The second-order valence-electron chi connectivity index (χ2n) is 14.9. The lowest BCUT2D eigenvalue weighted by atomic mass is 9.58. The number of rotatable bonds is 4. The number of benzene rings is 2. The Kier molecular flexibility index (Phi) is 6.59. The number of hydrogen-bond donors (Lipinski definition) is 2. The van der Waals surface area contributed by atoms with Gasteiger partial charge in [-0.3, -0.25) is 14.6 Å². The second kappa shape index (κ2) is 9.84. The molecule has 2 aromatic rings. The number of aromatic hydroxyl groups is 2. The number of carbonyl (C=O) groups is 1. The Morgan fingerprint density at radius 2 is 1.34 bits per heavy atom. The van der Waals surface area contributed by atoms with Crippen molar-refractivity contribution in [2.75, 3.05) is 26.2 Å². The molecule has 2 saturated carbocycles. The van der Waals surface area contributed by atoms with E-state index in [0.717, 1.165) is 42.5 Å². The molecule has 0 spiro atoms. The third-order valence-electron chi connectivity index (χ3n) is 12.4. The van der Waals surface area contributed by atoms with Gasteiger partial charge in [0.1, 0.15) is 11.5 Å². The van der Waals surface area contributed by atoms with Crippen LogP contribution in [0.2, 0.25) is 0 Å². The molecule has 6 aliphatic rings. The lowest BCUT2D eigenvalue weighted by Gasteiger charge is -2.54. The van der Waals surface area contributed by atoms with Crippen LogP contribution < -0.4 is 0 Å². The third kappa shape index (κ3) is 4.63. The van der Waals surface area contributed by atoms with Gasteiger partial charge in [0.15, 0.2) is 5.78 Å². The van der Waals surface area contributed by atoms with Crippen LogP contribution in [0.3, 0.4) is 0 Å². The van der Waals surface area contributed by atoms with Gasteiger partial charge in [-0.1, -0.05) is 33.8 Å². The molecule has 0 radical (unpaired) electrons. The average Bonchev–Trinajstić information content (AvgIpc) is 3.87. The fourth-order valence-electron chi connectivity index (χ4n) is 8.95. The van der Waals surface area contributed by atoms with Crippen LogP contribution in [0.4, 0.5) is 0 Å². The minimum Gasteiger partial charge on any atom is -0.508 e. The topological polar surface area (TPSA) is 64.0 Å². The average molecular weight is 557 g/mol. The first-order valence-corrected chi connectivity index (χ1v) is 16.3. The Morgan fingerprint density at radius 3 is 2.00 bits per heavy atom. The minimum atomic E-state index is 0.00665. The van der Waals surface area contributed by atoms with Crippen LogP contribution in [-0.2, 0) is 17.3 Å². The Bertz CT molecular complexity index is 1350. The normalized spacial score (nSPS) is 36.1. The zero-order valence-electron chi connectivity index (χ0n) is 25.4. The molecule has 5 nitrogen and oxygen atoms in total. The highest BCUT2D eigenvalue weighted by molar-refractivity contribution is 6.03. The smallest absolute Gasteiger partial charge is 0.180 e. The van der Waals surface area contributed by atoms with Crippen molar-refractivity contribution in [2.24, 2.45) is 23.7 Å². The second-order valence-corrected chi connectivity index (χ2v) is 14.9. The summed E-state index contributed by atoms with van der Waals surface area (Å²) in [5.41, 5.74) is 5.02. The summed E-state index contributed by atoms with van der Waals surface area (Å²) in [6, 6.07) is 12.1. The first-order valence-electron chi connectivity index (χ1n) is 16.3. The van der Waals surface area contributed by atoms with Crippen molar-refractivity contribution < 1.29 is 15.0 Å². The monoisotopic (exact) mass is 556 g/mol. The predicted molar refractivity (Wildman–Crippen MR) is 163 cm³/mol. The van der Waals surface area contributed by atoms with Crippen LogP contribution in [0.1, 0.15) is 93.3 Å². The molecule has 4 bridgehead atoms. The van der Waals surface area contributed by atoms with Crippen LogP contribution in [0.15, 0.2) is 36.4 Å². The van der Waals surface area contributed by atoms with Crippen molar-refractivity contribution in [3.8, 4) is 11.5 Å². The minimum absolute atomic E-state index is 0.00665. The summed E-state index contributed by atoms with van der Waals surface area (Å²) < 4.78 is 0. The van der Waals surface area contributed by atoms with Gasteiger partial charge >= 0.3 is 0 Å². The van der Waals surface area contributed by atoms with E-state index in [1.807, 2.05) is 24.3 Å². The van der Waals surface area contributed by atoms with Crippen molar-refractivity contribution in [3.05, 3.63) is 58.7 Å². The highest BCUT2D eigenvalue weighted by atomic mass is 16.3. The molecule has 2 heterocycles. The standard InChI is InChI=1S/C18H23NO2.C18H25NO/c1-11-16-17(21)14-6-5-13(20)9-15(14)18(11,2)7-8-19(16)10-12-3-4-12;1-12-17-9-14-5-6-15(20)10-16(14)18(12,2)7-8-19(17)11-13-3-4-13/h5-6,9,11-12,16,20H,3-4,7-8,10H2,1-2H3;5-6,10,12-13,17,20H,3-4,7-9,11H2,1-2H3/t11-,16-,18+;/m0./s1. The zero-order valence-corrected chi connectivity index (χ0v) is 25.4. The Balaban J connectivity index is 0.000000135. The number of Topliss-reactive ketones (excluding diaryl/α,β-unsaturated/α-hetero) is 1. The van der Waals surface area contributed by atoms with Gasteiger partial charge in [0.05, 0.1) is 6.04 Å². The number of likely N-dealkylation sites (tertiary alicyclic amines) is 2. The summed E-state index contributed by atoms with van der Waals surface area (Å²) in [6.45, 7) is 14.0. The molecule has 220 valence electrons. The van der Waals surface area contributed by atoms with E-state index in [1.54, 1.807) is 6.07 Å². The molecule has 2 aliphatic heterocycles. The number of hydrogen-bond acceptors (Lipinski definition) is 5. The van der Waals surface area contributed by atoms with Gasteiger partial charge in [0.25, 0.3) is 0 Å². The molecule has 4 fully saturated rings. The number of phenolic OH excluding ortho intramolecular Hbond substituents is 2. The molecular weight excluding hydrogens is 508 g/mol. The van der Waals surface area contributed by atoms with Crippen molar-refractivity contribution in [2.45, 2.75) is 95.6 Å². The lowest BCUT2D eigenvalue weighted by molar-refractivity contribution is 0.0265. The highest BCUT2D eigenvalue weighted by Crippen LogP contribution is 2.51. The summed E-state index contributed by atoms with van der Waals surface area (Å²) in [5.74, 6) is 3.75. The van der Waals surface area contributed by atoms with Crippen LogP contribution in [0.5, 0.6) is 11.5 Å². The van der Waals surface area contributed by atoms with Gasteiger partial charge < -0.3 is 10.2 Å². The van der Waals surface area contributed by atoms with E-state index < -0.39 is 0 Å². The molecule has 5 heteroatoms. The predicted octanol–water partition coefficient (Wildman–Crippen LogP) is 6.29. The fourth-order valence-corrected chi connectivity index (χ4v) is 8.95. The number of piperidine rings is 2. The molecule has 8 rings (SSSR count). The van der Waals surface area contributed by atoms with Gasteiger partial charge in [-0.05, 0) is 140 Å². The number of fused-ring (bicyclic) bond motifs is 8. The van der Waals surface area contributed by atoms with E-state index >= 15 is 0 Å². The maximum absolute atomic E-state index is 13.0. The molecular formula is C36H48N2O3. The Morgan fingerprint density at radius 1 is 0.780 bits per heavy atom. The van der Waals surface area contributed by atoms with Gasteiger partial charge in [-0.2, -0.15) is 0 Å². The molecule has 41 heavy (non-hydrogen) atoms. The van der Waals surface area contributed by atoms with E-state index in [-0.39, 0.29) is 28.4 Å². The molecule has 6 atom stereocenters. The summed E-state index contributed by atoms with van der Waals surface area (Å²) in [7, 11) is 0. The SMILES string of the molecule is CC1C2Cc3ccc(O)cc3C1(C)CCN2CC1CC1.C[C@H]1[C@H]2C(=O)c3ccc(O)cc3[C@]1(C)CCN2CC1CC1. The summed E-state index contributed by atoms with van der Waals surface area (Å²) in [6.07, 6.45) is 9.01. The van der Waals surface area contributed by atoms with Crippen LogP contribution in [0, 0.1) is 23.7 Å². The van der Waals surface area contributed by atoms with Crippen molar-refractivity contribution >= 4 is 5.78 Å². The molecule has 0 amide bonds. The number of phenols is 2.